The van der Waals surface area contributed by atoms with E-state index >= 15 is 0 Å². The van der Waals surface area contributed by atoms with E-state index < -0.39 is 21.8 Å². The second-order valence-electron chi connectivity index (χ2n) is 22.0. The van der Waals surface area contributed by atoms with Gasteiger partial charge in [0.25, 0.3) is 16.0 Å². The average molecular weight is 1010 g/mol. The Balaban J connectivity index is 0.832. The molecule has 1 atom stereocenters. The Kier molecular flexibility index (Phi) is 16.4. The number of rotatable bonds is 22. The van der Waals surface area contributed by atoms with Gasteiger partial charge in [0.1, 0.15) is 52.5 Å². The quantitative estimate of drug-likeness (QED) is 0.0135. The number of quaternary nitrogens is 2. The number of hydrogen-bond donors (Lipinski definition) is 5. The molecule has 388 valence electrons. The maximum atomic E-state index is 13.3. The highest BCUT2D eigenvalue weighted by Crippen LogP contribution is 2.48. The summed E-state index contributed by atoms with van der Waals surface area (Å²) in [5.74, 6) is -0.764. The Labute approximate surface area is 433 Å². The van der Waals surface area contributed by atoms with Crippen molar-refractivity contribution in [1.29, 1.82) is 0 Å². The predicted octanol–water partition coefficient (Wildman–Crippen LogP) is 7.36. The second-order valence-corrected chi connectivity index (χ2v) is 23.6. The molecule has 1 aromatic heterocycles. The van der Waals surface area contributed by atoms with E-state index in [0.29, 0.717) is 30.8 Å². The standard InChI is InChI=1S/C58H74N8O6S/c1-57(2)47-15-9-11-17-50(47)63(5)52(57)28-23-44(24-29-53-58(3,4)48-16-10-12-18-51(48)64(53)32-14-40-73(70,71)72)49-27-22-45(41-60-49)56(69)59-31-13-7-8-19-54(67)61-42-55(68)62-46-25-20-43(21-26-46)30-33-66-37-34-65(6,35-38-66)36-39-66/h9-12,15-18,20-29,41,54,61,67H,7-8,13-14,19,30-40,42H2,1-6H3/p+3. The molecular weight excluding hydrogens is 937 g/mol. The Bertz CT molecular complexity index is 2860. The maximum Gasteiger partial charge on any atom is 0.264 e. The lowest BCUT2D eigenvalue weighted by Gasteiger charge is -2.54. The number of para-hydroxylation sites is 2. The number of aromatic nitrogens is 1. The van der Waals surface area contributed by atoms with Crippen LogP contribution in [0.5, 0.6) is 0 Å². The molecule has 0 aliphatic carbocycles. The van der Waals surface area contributed by atoms with E-state index in [2.05, 4.69) is 128 Å². The van der Waals surface area contributed by atoms with Crippen LogP contribution < -0.4 is 20.9 Å². The van der Waals surface area contributed by atoms with E-state index in [4.69, 9.17) is 4.98 Å². The van der Waals surface area contributed by atoms with Crippen LogP contribution in [-0.2, 0) is 32.2 Å². The summed E-state index contributed by atoms with van der Waals surface area (Å²) in [6.45, 7) is 18.5. The van der Waals surface area contributed by atoms with Crippen LogP contribution in [0.1, 0.15) is 92.5 Å². The van der Waals surface area contributed by atoms with Crippen LogP contribution in [-0.4, -0.2) is 146 Å². The average Bonchev–Trinajstić information content (AvgIpc) is 3.71. The van der Waals surface area contributed by atoms with Gasteiger partial charge in [-0.25, -0.2) is 0 Å². The van der Waals surface area contributed by atoms with Gasteiger partial charge in [-0.05, 0) is 93.1 Å². The highest BCUT2D eigenvalue weighted by molar-refractivity contribution is 7.85. The topological polar surface area (TPSA) is 164 Å². The number of carbonyl (C=O) groups is 2. The molecule has 0 saturated carbocycles. The smallest absolute Gasteiger partial charge is 0.264 e. The molecule has 1 unspecified atom stereocenters. The number of allylic oxidation sites excluding steroid dienone is 6. The number of aliphatic hydroxyl groups excluding tert-OH is 1. The minimum Gasteiger partial charge on any atom is -0.379 e. The minimum atomic E-state index is -4.12. The zero-order valence-electron chi connectivity index (χ0n) is 43.7. The van der Waals surface area contributed by atoms with Gasteiger partial charge in [0.2, 0.25) is 11.6 Å². The zero-order chi connectivity index (χ0) is 52.0. The molecule has 2 amide bonds. The van der Waals surface area contributed by atoms with Gasteiger partial charge in [-0.1, -0.05) is 74.9 Å². The Morgan fingerprint density at radius 1 is 0.863 bits per heavy atom. The number of fused-ring (bicyclic) bond motifs is 5. The Morgan fingerprint density at radius 2 is 1.56 bits per heavy atom. The van der Waals surface area contributed by atoms with E-state index in [9.17, 15) is 27.7 Å². The van der Waals surface area contributed by atoms with Crippen LogP contribution in [0, 0.1) is 0 Å². The fourth-order valence-corrected chi connectivity index (χ4v) is 11.8. The molecule has 3 fully saturated rings. The molecule has 6 heterocycles. The van der Waals surface area contributed by atoms with Crippen molar-refractivity contribution in [3.63, 3.8) is 0 Å². The molecule has 4 aromatic rings. The van der Waals surface area contributed by atoms with E-state index in [1.54, 1.807) is 12.3 Å². The van der Waals surface area contributed by atoms with Gasteiger partial charge in [0.05, 0.1) is 42.6 Å². The lowest BCUT2D eigenvalue weighted by Crippen LogP contribution is -2.73. The highest BCUT2D eigenvalue weighted by atomic mass is 32.2. The van der Waals surface area contributed by atoms with Crippen molar-refractivity contribution in [3.8, 4) is 0 Å². The maximum absolute atomic E-state index is 13.3. The first-order valence-electron chi connectivity index (χ1n) is 26.1. The third-order valence-corrected chi connectivity index (χ3v) is 16.9. The van der Waals surface area contributed by atoms with Gasteiger partial charge in [-0.15, -0.1) is 0 Å². The van der Waals surface area contributed by atoms with Crippen LogP contribution in [0.15, 0.2) is 121 Å². The number of nitrogens with zero attached hydrogens (tertiary/aromatic N) is 5. The van der Waals surface area contributed by atoms with E-state index in [1.165, 1.54) is 65.9 Å². The molecular formula is C58H77N8O6S+3. The lowest BCUT2D eigenvalue weighted by molar-refractivity contribution is -1.07. The van der Waals surface area contributed by atoms with Gasteiger partial charge < -0.3 is 29.6 Å². The number of piperazine rings is 3. The van der Waals surface area contributed by atoms with Crippen molar-refractivity contribution in [2.45, 2.75) is 83.3 Å². The van der Waals surface area contributed by atoms with E-state index in [0.717, 1.165) is 65.3 Å². The first-order valence-corrected chi connectivity index (χ1v) is 27.7. The second kappa shape index (κ2) is 22.3. The fraction of sp³-hybridized carbons (Fsp3) is 0.448. The molecule has 9 rings (SSSR count). The summed E-state index contributed by atoms with van der Waals surface area (Å²) in [5, 5.41) is 19.4. The third kappa shape index (κ3) is 12.8. The molecule has 15 heteroatoms. The molecule has 0 radical (unpaired) electrons. The third-order valence-electron chi connectivity index (χ3n) is 16.1. The summed E-state index contributed by atoms with van der Waals surface area (Å²) >= 11 is 0. The minimum absolute atomic E-state index is 0.00585. The zero-order valence-corrected chi connectivity index (χ0v) is 44.6. The van der Waals surface area contributed by atoms with E-state index in [-0.39, 0.29) is 35.9 Å². The summed E-state index contributed by atoms with van der Waals surface area (Å²) in [4.78, 5) is 32.9. The van der Waals surface area contributed by atoms with Gasteiger partial charge in [0.15, 0.2) is 5.71 Å². The first-order chi connectivity index (χ1) is 34.8. The first kappa shape index (κ1) is 53.5. The Hall–Kier alpha value is -5.81. The van der Waals surface area contributed by atoms with E-state index in [1.807, 2.05) is 42.5 Å². The lowest BCUT2D eigenvalue weighted by atomic mass is 9.81. The van der Waals surface area contributed by atoms with Crippen molar-refractivity contribution in [3.05, 3.63) is 149 Å². The summed E-state index contributed by atoms with van der Waals surface area (Å²) < 4.78 is 37.6. The number of likely N-dealkylation sites (N-methyl/N-ethyl adjacent to an activating group) is 1. The Morgan fingerprint density at radius 3 is 2.25 bits per heavy atom. The number of benzene rings is 3. The predicted molar refractivity (Wildman–Crippen MR) is 292 cm³/mol. The molecule has 5 N–H and O–H groups in total. The number of aliphatic hydroxyl groups is 1. The van der Waals surface area contributed by atoms with Crippen molar-refractivity contribution in [2.24, 2.45) is 0 Å². The highest BCUT2D eigenvalue weighted by Gasteiger charge is 2.46. The van der Waals surface area contributed by atoms with Gasteiger partial charge in [0, 0.05) is 71.5 Å². The SMILES string of the molecule is C[N+]1=C(C=CC(=CC=C2N(CCCS(=O)(=O)O)c3ccccc3C2(C)C)c2ccc(C(=O)NCCCCCC(O)NCC(=O)Nc3ccc(CC[N+]45CC[N+](C)(CC4)CC5)cc3)cn2)C(C)(C)c2ccccc21. The van der Waals surface area contributed by atoms with Crippen molar-refractivity contribution < 1.29 is 41.2 Å². The number of hydrogen-bond acceptors (Lipinski definition) is 8. The number of amides is 2. The molecule has 73 heavy (non-hydrogen) atoms. The summed E-state index contributed by atoms with van der Waals surface area (Å²) in [6, 6.07) is 28.3. The van der Waals surface area contributed by atoms with Crippen molar-refractivity contribution in [2.75, 3.05) is 95.5 Å². The fourth-order valence-electron chi connectivity index (χ4n) is 11.3. The number of carbonyl (C=O) groups excluding carboxylic acids is 2. The van der Waals surface area contributed by atoms with Crippen LogP contribution in [0.3, 0.4) is 0 Å². The molecule has 2 bridgehead atoms. The largest absolute Gasteiger partial charge is 0.379 e. The molecule has 3 aromatic carbocycles. The number of nitrogens with one attached hydrogen (secondary N) is 3. The normalized spacial score (nSPS) is 21.9. The molecule has 5 aliphatic heterocycles. The van der Waals surface area contributed by atoms with Gasteiger partial charge >= 0.3 is 0 Å². The molecule has 14 nitrogen and oxygen atoms in total. The van der Waals surface area contributed by atoms with Crippen LogP contribution >= 0.6 is 0 Å². The number of anilines is 2. The molecule has 5 aliphatic rings. The summed E-state index contributed by atoms with van der Waals surface area (Å²) in [7, 11) is 0.351. The van der Waals surface area contributed by atoms with Crippen LogP contribution in [0.25, 0.3) is 5.57 Å². The summed E-state index contributed by atoms with van der Waals surface area (Å²) in [6.07, 6.45) is 13.1. The van der Waals surface area contributed by atoms with Crippen LogP contribution in [0.4, 0.5) is 17.1 Å². The number of pyridine rings is 1. The summed E-state index contributed by atoms with van der Waals surface area (Å²) in [5.41, 5.74) is 9.92. The molecule has 3 saturated heterocycles. The van der Waals surface area contributed by atoms with Gasteiger partial charge in [-0.2, -0.15) is 13.0 Å². The van der Waals surface area contributed by atoms with Gasteiger partial charge in [-0.3, -0.25) is 24.4 Å². The van der Waals surface area contributed by atoms with Crippen molar-refractivity contribution >= 4 is 50.3 Å². The molecule has 0 spiro atoms. The van der Waals surface area contributed by atoms with Crippen LogP contribution in [0.2, 0.25) is 0 Å². The van der Waals surface area contributed by atoms with Crippen molar-refractivity contribution in [1.82, 2.24) is 15.6 Å². The number of unbranched alkanes of at least 4 members (excludes halogenated alkanes) is 2. The monoisotopic (exact) mass is 1010 g/mol.